The van der Waals surface area contributed by atoms with Crippen LogP contribution in [0.1, 0.15) is 26.0 Å². The van der Waals surface area contributed by atoms with Crippen LogP contribution in [0.15, 0.2) is 42.5 Å². The third-order valence-electron chi connectivity index (χ3n) is 3.46. The summed E-state index contributed by atoms with van der Waals surface area (Å²) < 4.78 is 0. The van der Waals surface area contributed by atoms with Crippen LogP contribution in [-0.2, 0) is 21.1 Å². The largest absolute Gasteiger partial charge is 0.393 e. The molecule has 3 rings (SSSR count). The number of hydrogen-bond donors (Lipinski definition) is 2. The second kappa shape index (κ2) is 10.7. The number of benzene rings is 2. The maximum Gasteiger partial charge on any atom is 0.0870 e. The Labute approximate surface area is 173 Å². The topological polar surface area (TPSA) is 66.2 Å². The van der Waals surface area contributed by atoms with Crippen molar-refractivity contribution in [1.82, 2.24) is 9.97 Å². The molecule has 1 aromatic heterocycles. The minimum atomic E-state index is -0.375. The van der Waals surface area contributed by atoms with E-state index in [4.69, 9.17) is 21.8 Å². The molecule has 142 valence electrons. The molecule has 2 aromatic carbocycles. The fourth-order valence-electron chi connectivity index (χ4n) is 2.39. The van der Waals surface area contributed by atoms with Gasteiger partial charge in [-0.1, -0.05) is 12.1 Å². The third-order valence-corrected chi connectivity index (χ3v) is 3.69. The van der Waals surface area contributed by atoms with Gasteiger partial charge in [-0.2, -0.15) is 0 Å². The standard InChI is InChI=1S/C15H10ClN2.C5H12O2.Pt/c1-10-15(11-6-8-12(16)9-7-11)18-14-5-3-2-4-13(14)17-10;1-4(6)3-5(2)7;/h2-6,8-9H,1H3;4-7H,3H2,1-2H3;/q-1;;. The number of rotatable bonds is 3. The molecule has 0 bridgehead atoms. The van der Waals surface area contributed by atoms with E-state index in [1.807, 2.05) is 43.3 Å². The van der Waals surface area contributed by atoms with Gasteiger partial charge in [-0.3, -0.25) is 9.97 Å². The quantitative estimate of drug-likeness (QED) is 0.478. The molecule has 2 N–H and O–H groups in total. The number of aryl methyl sites for hydroxylation is 1. The van der Waals surface area contributed by atoms with Gasteiger partial charge in [0.1, 0.15) is 0 Å². The van der Waals surface area contributed by atoms with Crippen LogP contribution in [0, 0.1) is 13.0 Å². The molecule has 2 atom stereocenters. The van der Waals surface area contributed by atoms with Gasteiger partial charge >= 0.3 is 0 Å². The van der Waals surface area contributed by atoms with Crippen molar-refractivity contribution in [3.8, 4) is 11.3 Å². The summed E-state index contributed by atoms with van der Waals surface area (Å²) in [7, 11) is 0. The van der Waals surface area contributed by atoms with E-state index < -0.39 is 0 Å². The Bertz CT molecular complexity index is 818. The van der Waals surface area contributed by atoms with Crippen LogP contribution in [0.25, 0.3) is 22.3 Å². The average molecular weight is 553 g/mol. The van der Waals surface area contributed by atoms with Gasteiger partial charge in [0.15, 0.2) is 0 Å². The second-order valence-corrected chi connectivity index (χ2v) is 6.44. The van der Waals surface area contributed by atoms with E-state index in [0.717, 1.165) is 28.0 Å². The van der Waals surface area contributed by atoms with Crippen molar-refractivity contribution in [2.24, 2.45) is 0 Å². The molecule has 0 amide bonds. The summed E-state index contributed by atoms with van der Waals surface area (Å²) >= 11 is 5.87. The number of aliphatic hydroxyl groups is 2. The number of hydrogen-bond acceptors (Lipinski definition) is 4. The zero-order valence-corrected chi connectivity index (χ0v) is 17.9. The van der Waals surface area contributed by atoms with Crippen molar-refractivity contribution in [3.63, 3.8) is 0 Å². The first-order chi connectivity index (χ1) is 11.9. The van der Waals surface area contributed by atoms with Gasteiger partial charge in [0.25, 0.3) is 0 Å². The number of aliphatic hydroxyl groups excluding tert-OH is 2. The summed E-state index contributed by atoms with van der Waals surface area (Å²) in [5, 5.41) is 17.8. The molecule has 0 saturated carbocycles. The van der Waals surface area contributed by atoms with E-state index in [0.29, 0.717) is 11.4 Å². The van der Waals surface area contributed by atoms with E-state index >= 15 is 0 Å². The molecule has 0 aliphatic rings. The third kappa shape index (κ3) is 6.77. The number of para-hydroxylation sites is 2. The second-order valence-electron chi connectivity index (χ2n) is 6.00. The van der Waals surface area contributed by atoms with Gasteiger partial charge < -0.3 is 10.2 Å². The Kier molecular flexibility index (Phi) is 9.38. The van der Waals surface area contributed by atoms with Crippen LogP contribution >= 0.6 is 11.6 Å². The molecule has 26 heavy (non-hydrogen) atoms. The first-order valence-corrected chi connectivity index (χ1v) is 8.51. The van der Waals surface area contributed by atoms with E-state index in [1.165, 1.54) is 0 Å². The molecule has 4 nitrogen and oxygen atoms in total. The van der Waals surface area contributed by atoms with Gasteiger partial charge in [0.2, 0.25) is 0 Å². The van der Waals surface area contributed by atoms with Gasteiger partial charge in [0.05, 0.1) is 23.2 Å². The van der Waals surface area contributed by atoms with Crippen LogP contribution < -0.4 is 0 Å². The van der Waals surface area contributed by atoms with Gasteiger partial charge in [0, 0.05) is 32.5 Å². The Morgan fingerprint density at radius 1 is 1.00 bits per heavy atom. The summed E-state index contributed by atoms with van der Waals surface area (Å²) in [5.74, 6) is 0. The summed E-state index contributed by atoms with van der Waals surface area (Å²) in [6.07, 6.45) is -0.278. The fraction of sp³-hybridized carbons (Fsp3) is 0.300. The Hall–Kier alpha value is -1.32. The van der Waals surface area contributed by atoms with E-state index in [2.05, 4.69) is 16.0 Å². The summed E-state index contributed by atoms with van der Waals surface area (Å²) in [6.45, 7) is 5.27. The van der Waals surface area contributed by atoms with Crippen LogP contribution in [0.3, 0.4) is 0 Å². The summed E-state index contributed by atoms with van der Waals surface area (Å²) in [6, 6.07) is 16.5. The molecule has 0 saturated heterocycles. The normalized spacial score (nSPS) is 12.5. The SMILES string of the molecule is CC(O)CC(C)O.Cc1nc2ccccc2nc1-c1[c-]cc(Cl)cc1.[Pt]. The monoisotopic (exact) mass is 552 g/mol. The molecule has 0 aliphatic heterocycles. The minimum Gasteiger partial charge on any atom is -0.393 e. The number of fused-ring (bicyclic) bond motifs is 1. The Morgan fingerprint density at radius 2 is 1.58 bits per heavy atom. The van der Waals surface area contributed by atoms with Gasteiger partial charge in [-0.05, 0) is 44.3 Å². The van der Waals surface area contributed by atoms with Crippen LogP contribution in [0.5, 0.6) is 0 Å². The molecule has 3 aromatic rings. The molecular formula is C20H22ClN2O2Pt-. The van der Waals surface area contributed by atoms with Crippen LogP contribution in [0.2, 0.25) is 5.02 Å². The van der Waals surface area contributed by atoms with Crippen molar-refractivity contribution in [2.75, 3.05) is 0 Å². The zero-order chi connectivity index (χ0) is 18.4. The van der Waals surface area contributed by atoms with Crippen molar-refractivity contribution >= 4 is 22.6 Å². The smallest absolute Gasteiger partial charge is 0.0870 e. The number of halogens is 1. The van der Waals surface area contributed by atoms with Gasteiger partial charge in [-0.15, -0.1) is 41.4 Å². The molecular weight excluding hydrogens is 531 g/mol. The Morgan fingerprint density at radius 3 is 2.04 bits per heavy atom. The van der Waals surface area contributed by atoms with E-state index in [-0.39, 0.29) is 33.3 Å². The fourth-order valence-corrected chi connectivity index (χ4v) is 2.51. The summed E-state index contributed by atoms with van der Waals surface area (Å²) in [5.41, 5.74) is 4.46. The molecule has 6 heteroatoms. The predicted octanol–water partition coefficient (Wildman–Crippen LogP) is 4.19. The van der Waals surface area contributed by atoms with Crippen LogP contribution in [0.4, 0.5) is 0 Å². The van der Waals surface area contributed by atoms with Gasteiger partial charge in [-0.25, -0.2) is 0 Å². The predicted molar refractivity (Wildman–Crippen MR) is 102 cm³/mol. The number of aromatic nitrogens is 2. The Balaban J connectivity index is 0.000000366. The van der Waals surface area contributed by atoms with Crippen molar-refractivity contribution in [3.05, 3.63) is 59.2 Å². The van der Waals surface area contributed by atoms with E-state index in [9.17, 15) is 0 Å². The molecule has 0 radical (unpaired) electrons. The van der Waals surface area contributed by atoms with Crippen molar-refractivity contribution in [2.45, 2.75) is 39.4 Å². The number of nitrogens with zero attached hydrogens (tertiary/aromatic N) is 2. The molecule has 1 heterocycles. The average Bonchev–Trinajstić information content (AvgIpc) is 2.54. The van der Waals surface area contributed by atoms with Crippen molar-refractivity contribution < 1.29 is 31.3 Å². The first kappa shape index (κ1) is 22.7. The van der Waals surface area contributed by atoms with Crippen LogP contribution in [-0.4, -0.2) is 32.4 Å². The summed E-state index contributed by atoms with van der Waals surface area (Å²) in [4.78, 5) is 9.20. The van der Waals surface area contributed by atoms with E-state index in [1.54, 1.807) is 19.9 Å². The molecule has 0 aliphatic carbocycles. The zero-order valence-electron chi connectivity index (χ0n) is 14.9. The minimum absolute atomic E-state index is 0. The molecule has 0 spiro atoms. The molecule has 0 fully saturated rings. The molecule has 2 unspecified atom stereocenters. The maximum absolute atomic E-state index is 8.56. The first-order valence-electron chi connectivity index (χ1n) is 8.14. The van der Waals surface area contributed by atoms with Crippen molar-refractivity contribution in [1.29, 1.82) is 0 Å². The maximum atomic E-state index is 8.56.